The Morgan fingerprint density at radius 1 is 1.16 bits per heavy atom. The molecule has 3 atom stereocenters. The summed E-state index contributed by atoms with van der Waals surface area (Å²) in [5.74, 6) is -0.118. The van der Waals surface area contributed by atoms with Crippen LogP contribution in [0.4, 0.5) is 4.39 Å². The van der Waals surface area contributed by atoms with Crippen LogP contribution in [0.1, 0.15) is 75.5 Å². The van der Waals surface area contributed by atoms with Crippen LogP contribution < -0.4 is 0 Å². The van der Waals surface area contributed by atoms with Crippen molar-refractivity contribution in [3.05, 3.63) is 58.9 Å². The summed E-state index contributed by atoms with van der Waals surface area (Å²) in [6.07, 6.45) is 2.70. The molecule has 0 amide bonds. The predicted molar refractivity (Wildman–Crippen MR) is 122 cm³/mol. The van der Waals surface area contributed by atoms with Crippen LogP contribution in [0.25, 0.3) is 22.2 Å². The number of carbonyl (C=O) groups excluding carboxylic acids is 1. The number of H-pyrrole nitrogens is 1. The maximum Gasteiger partial charge on any atom is 0.312 e. The van der Waals surface area contributed by atoms with Crippen LogP contribution in [0.2, 0.25) is 0 Å². The fourth-order valence-corrected chi connectivity index (χ4v) is 6.52. The number of aromatic amines is 1. The van der Waals surface area contributed by atoms with Crippen LogP contribution in [0.5, 0.6) is 0 Å². The Labute approximate surface area is 183 Å². The smallest absolute Gasteiger partial charge is 0.312 e. The van der Waals surface area contributed by atoms with E-state index in [1.54, 1.807) is 6.07 Å². The van der Waals surface area contributed by atoms with E-state index in [2.05, 4.69) is 44.0 Å². The average molecular weight is 420 g/mol. The minimum Gasteiger partial charge on any atom is -0.469 e. The lowest BCUT2D eigenvalue weighted by Gasteiger charge is -2.54. The minimum absolute atomic E-state index is 0.0934. The largest absolute Gasteiger partial charge is 0.469 e. The quantitative estimate of drug-likeness (QED) is 0.463. The highest BCUT2D eigenvalue weighted by molar-refractivity contribution is 5.95. The van der Waals surface area contributed by atoms with Crippen molar-refractivity contribution in [3.63, 3.8) is 0 Å². The average Bonchev–Trinajstić information content (AvgIpc) is 3.11. The standard InChI is InChI=1S/C27H30FNO2/c1-15(2)16-7-9-20-18(13-16)23-22(19-14-17(28)8-10-21(19)29-23)24-26(20,3)11-6-12-27(24,4)25(30)31-5/h7-10,13-15,24,29H,6,11-12H2,1-5H3/t24-,26-,27-/m1/s1. The van der Waals surface area contributed by atoms with Gasteiger partial charge in [-0.05, 0) is 66.6 Å². The van der Waals surface area contributed by atoms with E-state index >= 15 is 0 Å². The highest BCUT2D eigenvalue weighted by atomic mass is 19.1. The molecule has 3 nitrogen and oxygen atoms in total. The summed E-state index contributed by atoms with van der Waals surface area (Å²) in [5.41, 5.74) is 5.84. The fourth-order valence-electron chi connectivity index (χ4n) is 6.52. The molecule has 2 aliphatic rings. The molecule has 5 rings (SSSR count). The molecular formula is C27H30FNO2. The van der Waals surface area contributed by atoms with Gasteiger partial charge < -0.3 is 9.72 Å². The number of halogens is 1. The van der Waals surface area contributed by atoms with E-state index in [1.807, 2.05) is 13.0 Å². The van der Waals surface area contributed by atoms with Gasteiger partial charge in [0.05, 0.1) is 18.2 Å². The second-order valence-electron chi connectivity index (χ2n) is 10.2. The van der Waals surface area contributed by atoms with Gasteiger partial charge in [-0.15, -0.1) is 0 Å². The lowest BCUT2D eigenvalue weighted by Crippen LogP contribution is -2.50. The Hall–Kier alpha value is -2.62. The Balaban J connectivity index is 1.90. The van der Waals surface area contributed by atoms with Crippen molar-refractivity contribution in [3.8, 4) is 11.3 Å². The third-order valence-corrected chi connectivity index (χ3v) is 8.00. The molecule has 1 saturated carbocycles. The first-order chi connectivity index (χ1) is 14.7. The number of fused-ring (bicyclic) bond motifs is 8. The molecule has 0 bridgehead atoms. The van der Waals surface area contributed by atoms with Crippen LogP contribution in [-0.4, -0.2) is 18.1 Å². The molecule has 0 radical (unpaired) electrons. The second-order valence-corrected chi connectivity index (χ2v) is 10.2. The van der Waals surface area contributed by atoms with E-state index < -0.39 is 5.41 Å². The zero-order valence-electron chi connectivity index (χ0n) is 18.9. The van der Waals surface area contributed by atoms with Gasteiger partial charge in [-0.25, -0.2) is 4.39 Å². The fraction of sp³-hybridized carbons (Fsp3) is 0.444. The second kappa shape index (κ2) is 6.69. The number of methoxy groups -OCH3 is 1. The van der Waals surface area contributed by atoms with Gasteiger partial charge >= 0.3 is 5.97 Å². The Bertz CT molecular complexity index is 1210. The molecule has 0 aliphatic heterocycles. The first-order valence-corrected chi connectivity index (χ1v) is 11.2. The first kappa shape index (κ1) is 20.3. The number of hydrogen-bond acceptors (Lipinski definition) is 2. The number of nitrogens with one attached hydrogen (secondary N) is 1. The molecule has 2 aromatic carbocycles. The predicted octanol–water partition coefficient (Wildman–Crippen LogP) is 6.82. The van der Waals surface area contributed by atoms with Gasteiger partial charge in [0.25, 0.3) is 0 Å². The summed E-state index contributed by atoms with van der Waals surface area (Å²) >= 11 is 0. The van der Waals surface area contributed by atoms with Gasteiger partial charge in [0.1, 0.15) is 5.82 Å². The minimum atomic E-state index is -0.674. The third-order valence-electron chi connectivity index (χ3n) is 8.00. The number of ether oxygens (including phenoxy) is 1. The maximum absolute atomic E-state index is 14.4. The molecule has 3 aromatic rings. The molecule has 4 heteroatoms. The molecule has 0 spiro atoms. The Kier molecular flexibility index (Phi) is 4.38. The summed E-state index contributed by atoms with van der Waals surface area (Å²) in [5, 5.41) is 0.879. The van der Waals surface area contributed by atoms with Crippen LogP contribution in [0, 0.1) is 11.2 Å². The normalized spacial score (nSPS) is 27.0. The third kappa shape index (κ3) is 2.66. The number of rotatable bonds is 2. The summed E-state index contributed by atoms with van der Waals surface area (Å²) in [6, 6.07) is 11.7. The van der Waals surface area contributed by atoms with E-state index in [0.29, 0.717) is 5.92 Å². The Morgan fingerprint density at radius 2 is 1.94 bits per heavy atom. The van der Waals surface area contributed by atoms with Gasteiger partial charge in [0, 0.05) is 27.8 Å². The number of hydrogen-bond donors (Lipinski definition) is 1. The van der Waals surface area contributed by atoms with Crippen LogP contribution >= 0.6 is 0 Å². The van der Waals surface area contributed by atoms with Crippen molar-refractivity contribution in [2.24, 2.45) is 5.41 Å². The van der Waals surface area contributed by atoms with Crippen molar-refractivity contribution < 1.29 is 13.9 Å². The number of benzene rings is 2. The Morgan fingerprint density at radius 3 is 2.65 bits per heavy atom. The molecule has 1 N–H and O–H groups in total. The molecule has 1 heterocycles. The van der Waals surface area contributed by atoms with Crippen molar-refractivity contribution >= 4 is 16.9 Å². The van der Waals surface area contributed by atoms with Crippen molar-refractivity contribution in [2.45, 2.75) is 64.2 Å². The van der Waals surface area contributed by atoms with Gasteiger partial charge in [-0.3, -0.25) is 4.79 Å². The molecule has 31 heavy (non-hydrogen) atoms. The summed E-state index contributed by atoms with van der Waals surface area (Å²) in [4.78, 5) is 16.8. The molecule has 1 aromatic heterocycles. The highest BCUT2D eigenvalue weighted by Crippen LogP contribution is 2.64. The number of esters is 1. The van der Waals surface area contributed by atoms with E-state index in [4.69, 9.17) is 4.74 Å². The maximum atomic E-state index is 14.4. The van der Waals surface area contributed by atoms with Crippen LogP contribution in [0.3, 0.4) is 0 Å². The topological polar surface area (TPSA) is 42.1 Å². The summed E-state index contributed by atoms with van der Waals surface area (Å²) < 4.78 is 19.7. The number of aromatic nitrogens is 1. The lowest BCUT2D eigenvalue weighted by molar-refractivity contribution is -0.157. The summed E-state index contributed by atoms with van der Waals surface area (Å²) in [6.45, 7) is 8.72. The van der Waals surface area contributed by atoms with Crippen LogP contribution in [-0.2, 0) is 14.9 Å². The molecule has 162 valence electrons. The van der Waals surface area contributed by atoms with Crippen molar-refractivity contribution in [1.29, 1.82) is 0 Å². The SMILES string of the molecule is COC(=O)[C@]1(C)CCC[C@]2(C)c3ccc(C(C)C)cc3-c3[nH]c4ccc(F)cc4c3[C@@H]12. The highest BCUT2D eigenvalue weighted by Gasteiger charge is 2.58. The zero-order chi connectivity index (χ0) is 22.1. The van der Waals surface area contributed by atoms with Gasteiger partial charge in [-0.2, -0.15) is 0 Å². The monoisotopic (exact) mass is 419 g/mol. The molecule has 1 fully saturated rings. The first-order valence-electron chi connectivity index (χ1n) is 11.2. The molecule has 0 saturated heterocycles. The molecule has 0 unspecified atom stereocenters. The van der Waals surface area contributed by atoms with E-state index in [9.17, 15) is 9.18 Å². The molecule has 2 aliphatic carbocycles. The van der Waals surface area contributed by atoms with Gasteiger partial charge in [0.15, 0.2) is 0 Å². The number of carbonyl (C=O) groups is 1. The molecular weight excluding hydrogens is 389 g/mol. The zero-order valence-corrected chi connectivity index (χ0v) is 18.9. The van der Waals surface area contributed by atoms with E-state index in [-0.39, 0.29) is 23.1 Å². The van der Waals surface area contributed by atoms with Crippen molar-refractivity contribution in [1.82, 2.24) is 4.98 Å². The van der Waals surface area contributed by atoms with Gasteiger partial charge in [-0.1, -0.05) is 39.3 Å². The summed E-state index contributed by atoms with van der Waals surface area (Å²) in [7, 11) is 1.47. The van der Waals surface area contributed by atoms with E-state index in [0.717, 1.165) is 41.4 Å². The van der Waals surface area contributed by atoms with E-state index in [1.165, 1.54) is 29.9 Å². The van der Waals surface area contributed by atoms with Crippen molar-refractivity contribution in [2.75, 3.05) is 7.11 Å². The van der Waals surface area contributed by atoms with Crippen LogP contribution in [0.15, 0.2) is 36.4 Å². The lowest BCUT2D eigenvalue weighted by atomic mass is 9.49. The van der Waals surface area contributed by atoms with Gasteiger partial charge in [0.2, 0.25) is 0 Å².